The van der Waals surface area contributed by atoms with Gasteiger partial charge in [0, 0.05) is 11.0 Å². The molecule has 1 atom stereocenters. The molecule has 0 radical (unpaired) electrons. The third-order valence-electron chi connectivity index (χ3n) is 3.99. The summed E-state index contributed by atoms with van der Waals surface area (Å²) in [6, 6.07) is 0. The van der Waals surface area contributed by atoms with Crippen LogP contribution in [-0.2, 0) is 31.9 Å². The van der Waals surface area contributed by atoms with Crippen LogP contribution >= 0.6 is 11.3 Å². The number of nitrogens with one attached hydrogen (secondary N) is 1. The molecule has 0 fully saturated rings. The van der Waals surface area contributed by atoms with E-state index in [0.717, 1.165) is 29.7 Å². The lowest BCUT2D eigenvalue weighted by Crippen LogP contribution is -2.21. The quantitative estimate of drug-likeness (QED) is 0.619. The molecule has 1 aliphatic carbocycles. The Kier molecular flexibility index (Phi) is 6.75. The molecule has 0 spiro atoms. The van der Waals surface area contributed by atoms with E-state index in [9.17, 15) is 14.4 Å². The minimum absolute atomic E-state index is 0.396. The number of fused-ring (bicyclic) bond motifs is 1. The standard InChI is InChI=1S/C18H23NO5S/c1-4-5-6-15(21)24-10-14(20)19-17-16(18(22)23-3)12-8-7-11(2)9-13(12)25-17/h5-6,11H,4,7-10H2,1-3H3,(H,19,20)/b6-5+/t11-/m0/s1. The Balaban J connectivity index is 2.10. The van der Waals surface area contributed by atoms with Gasteiger partial charge in [-0.25, -0.2) is 9.59 Å². The number of esters is 2. The third-order valence-corrected chi connectivity index (χ3v) is 5.16. The van der Waals surface area contributed by atoms with Gasteiger partial charge in [0.1, 0.15) is 5.00 Å². The smallest absolute Gasteiger partial charge is 0.341 e. The topological polar surface area (TPSA) is 81.7 Å². The average Bonchev–Trinajstić information content (AvgIpc) is 2.94. The lowest BCUT2D eigenvalue weighted by molar-refractivity contribution is -0.142. The van der Waals surface area contributed by atoms with E-state index in [2.05, 4.69) is 12.2 Å². The predicted molar refractivity (Wildman–Crippen MR) is 95.9 cm³/mol. The lowest BCUT2D eigenvalue weighted by Gasteiger charge is -2.18. The molecule has 6 nitrogen and oxygen atoms in total. The molecule has 1 aromatic heterocycles. The fraction of sp³-hybridized carbons (Fsp3) is 0.500. The molecular formula is C18H23NO5S. The molecule has 0 aliphatic heterocycles. The summed E-state index contributed by atoms with van der Waals surface area (Å²) in [4.78, 5) is 36.8. The Morgan fingerprint density at radius 2 is 2.12 bits per heavy atom. The Bertz CT molecular complexity index is 692. The van der Waals surface area contributed by atoms with Crippen molar-refractivity contribution in [3.8, 4) is 0 Å². The van der Waals surface area contributed by atoms with Crippen molar-refractivity contribution in [1.29, 1.82) is 0 Å². The number of ether oxygens (including phenoxy) is 2. The Labute approximate surface area is 151 Å². The first-order valence-electron chi connectivity index (χ1n) is 8.32. The van der Waals surface area contributed by atoms with Crippen LogP contribution in [-0.4, -0.2) is 31.6 Å². The number of rotatable bonds is 6. The van der Waals surface area contributed by atoms with Gasteiger partial charge in [-0.2, -0.15) is 0 Å². The number of hydrogen-bond donors (Lipinski definition) is 1. The predicted octanol–water partition coefficient (Wildman–Crippen LogP) is 3.11. The molecule has 136 valence electrons. The number of amides is 1. The molecule has 0 unspecified atom stereocenters. The first kappa shape index (κ1) is 19.2. The fourth-order valence-corrected chi connectivity index (χ4v) is 4.13. The van der Waals surface area contributed by atoms with Crippen LogP contribution in [0.15, 0.2) is 12.2 Å². The van der Waals surface area contributed by atoms with Crippen molar-refractivity contribution in [3.05, 3.63) is 28.2 Å². The SMILES string of the molecule is CC/C=C/C(=O)OCC(=O)Nc1sc2c(c1C(=O)OC)CC[C@H](C)C2. The van der Waals surface area contributed by atoms with Crippen molar-refractivity contribution in [1.82, 2.24) is 0 Å². The molecule has 0 bridgehead atoms. The van der Waals surface area contributed by atoms with Crippen molar-refractivity contribution in [2.24, 2.45) is 5.92 Å². The maximum absolute atomic E-state index is 12.2. The van der Waals surface area contributed by atoms with Crippen LogP contribution in [0.1, 0.15) is 47.5 Å². The third kappa shape index (κ3) is 4.92. The van der Waals surface area contributed by atoms with E-state index in [1.54, 1.807) is 6.08 Å². The Morgan fingerprint density at radius 3 is 2.80 bits per heavy atom. The summed E-state index contributed by atoms with van der Waals surface area (Å²) in [5.41, 5.74) is 1.40. The van der Waals surface area contributed by atoms with E-state index in [4.69, 9.17) is 9.47 Å². The summed E-state index contributed by atoms with van der Waals surface area (Å²) in [7, 11) is 1.32. The molecule has 0 saturated heterocycles. The van der Waals surface area contributed by atoms with Crippen LogP contribution in [0.5, 0.6) is 0 Å². The monoisotopic (exact) mass is 365 g/mol. The van der Waals surface area contributed by atoms with Crippen molar-refractivity contribution in [3.63, 3.8) is 0 Å². The molecule has 25 heavy (non-hydrogen) atoms. The number of allylic oxidation sites excluding steroid dienone is 1. The van der Waals surface area contributed by atoms with Crippen molar-refractivity contribution in [2.75, 3.05) is 19.0 Å². The maximum atomic E-state index is 12.2. The second-order valence-corrected chi connectivity index (χ2v) is 7.12. The second kappa shape index (κ2) is 8.80. The summed E-state index contributed by atoms with van der Waals surface area (Å²) in [5.74, 6) is -0.948. The average molecular weight is 365 g/mol. The summed E-state index contributed by atoms with van der Waals surface area (Å²) < 4.78 is 9.75. The van der Waals surface area contributed by atoms with Gasteiger partial charge >= 0.3 is 11.9 Å². The van der Waals surface area contributed by atoms with Crippen LogP contribution in [0.4, 0.5) is 5.00 Å². The van der Waals surface area contributed by atoms with E-state index in [1.165, 1.54) is 24.5 Å². The normalized spacial score (nSPS) is 16.4. The largest absolute Gasteiger partial charge is 0.465 e. The van der Waals surface area contributed by atoms with Gasteiger partial charge in [-0.15, -0.1) is 11.3 Å². The van der Waals surface area contributed by atoms with Gasteiger partial charge in [-0.3, -0.25) is 4.79 Å². The number of thiophene rings is 1. The molecule has 7 heteroatoms. The fourth-order valence-electron chi connectivity index (χ4n) is 2.72. The second-order valence-electron chi connectivity index (χ2n) is 6.01. The molecular weight excluding hydrogens is 342 g/mol. The highest BCUT2D eigenvalue weighted by molar-refractivity contribution is 7.17. The zero-order valence-corrected chi connectivity index (χ0v) is 15.5. The number of methoxy groups -OCH3 is 1. The zero-order valence-electron chi connectivity index (χ0n) is 14.7. The molecule has 1 aromatic rings. The first-order chi connectivity index (χ1) is 12.0. The van der Waals surface area contributed by atoms with E-state index in [-0.39, 0.29) is 0 Å². The Hall–Kier alpha value is -2.15. The minimum atomic E-state index is -0.565. The number of anilines is 1. The zero-order chi connectivity index (χ0) is 18.4. The van der Waals surface area contributed by atoms with Crippen molar-refractivity contribution >= 4 is 34.2 Å². The van der Waals surface area contributed by atoms with Crippen LogP contribution in [0.25, 0.3) is 0 Å². The summed E-state index contributed by atoms with van der Waals surface area (Å²) in [5, 5.41) is 3.16. The van der Waals surface area contributed by atoms with E-state index in [1.807, 2.05) is 6.92 Å². The van der Waals surface area contributed by atoms with E-state index < -0.39 is 24.5 Å². The Morgan fingerprint density at radius 1 is 1.36 bits per heavy atom. The van der Waals surface area contributed by atoms with Crippen molar-refractivity contribution < 1.29 is 23.9 Å². The molecule has 0 aromatic carbocycles. The number of hydrogen-bond acceptors (Lipinski definition) is 6. The van der Waals surface area contributed by atoms with Gasteiger partial charge in [0.05, 0.1) is 12.7 Å². The van der Waals surface area contributed by atoms with Gasteiger partial charge in [0.15, 0.2) is 6.61 Å². The molecule has 0 saturated carbocycles. The highest BCUT2D eigenvalue weighted by Crippen LogP contribution is 2.39. The van der Waals surface area contributed by atoms with Crippen molar-refractivity contribution in [2.45, 2.75) is 39.5 Å². The highest BCUT2D eigenvalue weighted by atomic mass is 32.1. The van der Waals surface area contributed by atoms with E-state index >= 15 is 0 Å². The molecule has 1 N–H and O–H groups in total. The van der Waals surface area contributed by atoms with Gasteiger partial charge < -0.3 is 14.8 Å². The van der Waals surface area contributed by atoms with Crippen LogP contribution < -0.4 is 5.32 Å². The van der Waals surface area contributed by atoms with Crippen LogP contribution in [0.3, 0.4) is 0 Å². The molecule has 1 amide bonds. The van der Waals surface area contributed by atoms with E-state index in [0.29, 0.717) is 22.9 Å². The van der Waals surface area contributed by atoms with Gasteiger partial charge in [0.25, 0.3) is 5.91 Å². The highest BCUT2D eigenvalue weighted by Gasteiger charge is 2.28. The van der Waals surface area contributed by atoms with Gasteiger partial charge in [-0.1, -0.05) is 19.9 Å². The van der Waals surface area contributed by atoms with Crippen LogP contribution in [0, 0.1) is 5.92 Å². The number of carbonyl (C=O) groups excluding carboxylic acids is 3. The summed E-state index contributed by atoms with van der Waals surface area (Å²) in [6.07, 6.45) is 6.34. The molecule has 2 rings (SSSR count). The molecule has 1 aliphatic rings. The first-order valence-corrected chi connectivity index (χ1v) is 9.13. The van der Waals surface area contributed by atoms with Crippen LogP contribution in [0.2, 0.25) is 0 Å². The molecule has 1 heterocycles. The van der Waals surface area contributed by atoms with Gasteiger partial charge in [0.2, 0.25) is 0 Å². The summed E-state index contributed by atoms with van der Waals surface area (Å²) in [6.45, 7) is 3.67. The maximum Gasteiger partial charge on any atom is 0.341 e. The summed E-state index contributed by atoms with van der Waals surface area (Å²) >= 11 is 1.40. The number of carbonyl (C=O) groups is 3. The van der Waals surface area contributed by atoms with Gasteiger partial charge in [-0.05, 0) is 37.2 Å². The minimum Gasteiger partial charge on any atom is -0.465 e. The lowest BCUT2D eigenvalue weighted by atomic mass is 9.88.